The predicted octanol–water partition coefficient (Wildman–Crippen LogP) is 3.96. The average molecular weight is 382 g/mol. The maximum absolute atomic E-state index is 14.4. The summed E-state index contributed by atoms with van der Waals surface area (Å²) >= 11 is 0. The zero-order valence-electron chi connectivity index (χ0n) is 15.8. The van der Waals surface area contributed by atoms with Crippen LogP contribution in [0.2, 0.25) is 0 Å². The van der Waals surface area contributed by atoms with Crippen molar-refractivity contribution in [2.24, 2.45) is 0 Å². The Morgan fingerprint density at radius 3 is 2.25 bits per heavy atom. The molecule has 2 aromatic rings. The first kappa shape index (κ1) is 18.3. The van der Waals surface area contributed by atoms with Crippen LogP contribution in [0.15, 0.2) is 42.1 Å². The van der Waals surface area contributed by atoms with Gasteiger partial charge in [0.2, 0.25) is 0 Å². The van der Waals surface area contributed by atoms with Gasteiger partial charge in [-0.2, -0.15) is 0 Å². The molecule has 6 heteroatoms. The Bertz CT molecular complexity index is 1020. The van der Waals surface area contributed by atoms with Gasteiger partial charge in [-0.05, 0) is 49.9 Å². The van der Waals surface area contributed by atoms with Gasteiger partial charge in [0.1, 0.15) is 17.3 Å². The van der Waals surface area contributed by atoms with E-state index in [9.17, 15) is 18.4 Å². The minimum Gasteiger partial charge on any atom is -0.366 e. The summed E-state index contributed by atoms with van der Waals surface area (Å²) in [5.74, 6) is -2.84. The van der Waals surface area contributed by atoms with E-state index >= 15 is 0 Å². The fraction of sp³-hybridized carbons (Fsp3) is 0.273. The van der Waals surface area contributed by atoms with Crippen LogP contribution in [-0.4, -0.2) is 29.8 Å². The lowest BCUT2D eigenvalue weighted by molar-refractivity contribution is -0.120. The number of anilines is 1. The molecular weight excluding hydrogens is 362 g/mol. The molecule has 2 aliphatic heterocycles. The van der Waals surface area contributed by atoms with Crippen molar-refractivity contribution in [1.82, 2.24) is 4.90 Å². The summed E-state index contributed by atoms with van der Waals surface area (Å²) in [5, 5.41) is 0. The monoisotopic (exact) mass is 382 g/mol. The lowest BCUT2D eigenvalue weighted by Gasteiger charge is -2.20. The van der Waals surface area contributed by atoms with Crippen LogP contribution in [0.4, 0.5) is 14.5 Å². The third-order valence-corrected chi connectivity index (χ3v) is 5.28. The molecule has 2 aliphatic rings. The van der Waals surface area contributed by atoms with Gasteiger partial charge in [-0.3, -0.25) is 9.59 Å². The smallest absolute Gasteiger partial charge is 0.282 e. The van der Waals surface area contributed by atoms with Gasteiger partial charge in [0.25, 0.3) is 11.8 Å². The number of amides is 2. The normalized spacial score (nSPS) is 17.3. The topological polar surface area (TPSA) is 40.6 Å². The number of hydrogen-bond acceptors (Lipinski definition) is 3. The molecule has 0 radical (unpaired) electrons. The zero-order valence-corrected chi connectivity index (χ0v) is 15.8. The van der Waals surface area contributed by atoms with Crippen molar-refractivity contribution in [2.75, 3.05) is 18.0 Å². The van der Waals surface area contributed by atoms with E-state index in [1.807, 2.05) is 36.9 Å². The Kier molecular flexibility index (Phi) is 4.49. The van der Waals surface area contributed by atoms with Crippen molar-refractivity contribution in [3.8, 4) is 0 Å². The van der Waals surface area contributed by atoms with E-state index in [-0.39, 0.29) is 11.3 Å². The van der Waals surface area contributed by atoms with Crippen molar-refractivity contribution in [1.29, 1.82) is 0 Å². The second kappa shape index (κ2) is 6.86. The summed E-state index contributed by atoms with van der Waals surface area (Å²) in [7, 11) is 0. The van der Waals surface area contributed by atoms with E-state index in [0.717, 1.165) is 41.0 Å². The van der Waals surface area contributed by atoms with E-state index in [0.29, 0.717) is 30.4 Å². The Labute approximate surface area is 162 Å². The van der Waals surface area contributed by atoms with Gasteiger partial charge in [-0.15, -0.1) is 0 Å². The Morgan fingerprint density at radius 1 is 0.893 bits per heavy atom. The fourth-order valence-corrected chi connectivity index (χ4v) is 3.97. The number of nitrogens with zero attached hydrogens (tertiary/aromatic N) is 2. The number of rotatable bonds is 3. The molecule has 2 heterocycles. The van der Waals surface area contributed by atoms with Crippen LogP contribution in [0.5, 0.6) is 0 Å². The van der Waals surface area contributed by atoms with Crippen LogP contribution in [0.25, 0.3) is 5.57 Å². The number of aryl methyl sites for hydroxylation is 2. The number of likely N-dealkylation sites (tertiary alicyclic amines) is 1. The van der Waals surface area contributed by atoms with Gasteiger partial charge in [-0.25, -0.2) is 13.7 Å². The number of halogens is 2. The molecule has 0 atom stereocenters. The molecule has 0 bridgehead atoms. The highest BCUT2D eigenvalue weighted by atomic mass is 19.1. The molecule has 2 amide bonds. The molecule has 28 heavy (non-hydrogen) atoms. The van der Waals surface area contributed by atoms with Gasteiger partial charge in [0, 0.05) is 19.2 Å². The minimum atomic E-state index is -0.940. The Hall–Kier alpha value is -3.02. The van der Waals surface area contributed by atoms with Crippen molar-refractivity contribution >= 4 is 23.1 Å². The van der Waals surface area contributed by atoms with E-state index in [2.05, 4.69) is 0 Å². The Morgan fingerprint density at radius 2 is 1.61 bits per heavy atom. The standard InChI is InChI=1S/C22H20F2N2O2/c1-13-5-7-16(14(2)11-13)19-20(25-9-3-4-10-25)22(28)26(21(19)27)18-8-6-15(23)12-17(18)24/h5-8,11-12H,3-4,9-10H2,1-2H3. The lowest BCUT2D eigenvalue weighted by Crippen LogP contribution is -2.35. The number of hydrogen-bond donors (Lipinski definition) is 0. The predicted molar refractivity (Wildman–Crippen MR) is 102 cm³/mol. The van der Waals surface area contributed by atoms with Gasteiger partial charge < -0.3 is 4.90 Å². The van der Waals surface area contributed by atoms with Gasteiger partial charge >= 0.3 is 0 Å². The van der Waals surface area contributed by atoms with Crippen LogP contribution >= 0.6 is 0 Å². The summed E-state index contributed by atoms with van der Waals surface area (Å²) in [5.41, 5.74) is 2.94. The molecule has 4 nitrogen and oxygen atoms in total. The van der Waals surface area contributed by atoms with Gasteiger partial charge in [0.05, 0.1) is 11.3 Å². The van der Waals surface area contributed by atoms with E-state index in [1.54, 1.807) is 0 Å². The highest BCUT2D eigenvalue weighted by Crippen LogP contribution is 2.38. The highest BCUT2D eigenvalue weighted by Gasteiger charge is 2.44. The summed E-state index contributed by atoms with van der Waals surface area (Å²) < 4.78 is 27.7. The molecule has 2 aromatic carbocycles. The van der Waals surface area contributed by atoms with Crippen LogP contribution in [0, 0.1) is 25.5 Å². The van der Waals surface area contributed by atoms with Crippen LogP contribution < -0.4 is 4.90 Å². The van der Waals surface area contributed by atoms with Gasteiger partial charge in [0.15, 0.2) is 0 Å². The van der Waals surface area contributed by atoms with Crippen LogP contribution in [0.3, 0.4) is 0 Å². The first-order chi connectivity index (χ1) is 13.4. The molecule has 0 spiro atoms. The summed E-state index contributed by atoms with van der Waals surface area (Å²) in [6.45, 7) is 5.18. The SMILES string of the molecule is Cc1ccc(C2=C(N3CCCC3)C(=O)N(c3ccc(F)cc3F)C2=O)c(C)c1. The van der Waals surface area contributed by atoms with Crippen LogP contribution in [-0.2, 0) is 9.59 Å². The quantitative estimate of drug-likeness (QED) is 0.755. The second-order valence-electron chi connectivity index (χ2n) is 7.28. The molecule has 0 aromatic heterocycles. The van der Waals surface area contributed by atoms with Crippen molar-refractivity contribution in [2.45, 2.75) is 26.7 Å². The number of carbonyl (C=O) groups is 2. The molecule has 0 unspecified atom stereocenters. The molecule has 144 valence electrons. The molecule has 0 saturated carbocycles. The summed E-state index contributed by atoms with van der Waals surface area (Å²) in [4.78, 5) is 29.3. The second-order valence-corrected chi connectivity index (χ2v) is 7.28. The highest BCUT2D eigenvalue weighted by molar-refractivity contribution is 6.45. The van der Waals surface area contributed by atoms with Crippen molar-refractivity contribution in [3.05, 3.63) is 70.4 Å². The van der Waals surface area contributed by atoms with E-state index in [4.69, 9.17) is 0 Å². The first-order valence-electron chi connectivity index (χ1n) is 9.29. The summed E-state index contributed by atoms with van der Waals surface area (Å²) in [6.07, 6.45) is 1.85. The maximum Gasteiger partial charge on any atom is 0.282 e. The zero-order chi connectivity index (χ0) is 20.0. The number of imide groups is 1. The molecule has 1 fully saturated rings. The van der Waals surface area contributed by atoms with Crippen molar-refractivity contribution in [3.63, 3.8) is 0 Å². The van der Waals surface area contributed by atoms with Gasteiger partial charge in [-0.1, -0.05) is 23.8 Å². The average Bonchev–Trinajstić information content (AvgIpc) is 3.23. The largest absolute Gasteiger partial charge is 0.366 e. The van der Waals surface area contributed by atoms with Crippen LogP contribution in [0.1, 0.15) is 29.5 Å². The third-order valence-electron chi connectivity index (χ3n) is 5.28. The number of benzene rings is 2. The lowest BCUT2D eigenvalue weighted by atomic mass is 9.97. The minimum absolute atomic E-state index is 0.229. The fourth-order valence-electron chi connectivity index (χ4n) is 3.97. The number of carbonyl (C=O) groups excluding carboxylic acids is 2. The van der Waals surface area contributed by atoms with E-state index < -0.39 is 23.4 Å². The maximum atomic E-state index is 14.4. The van der Waals surface area contributed by atoms with E-state index in [1.165, 1.54) is 0 Å². The summed E-state index contributed by atoms with van der Waals surface area (Å²) in [6, 6.07) is 8.52. The Balaban J connectivity index is 1.88. The third kappa shape index (κ3) is 2.89. The molecule has 0 aliphatic carbocycles. The molecular formula is C22H20F2N2O2. The van der Waals surface area contributed by atoms with Crippen molar-refractivity contribution < 1.29 is 18.4 Å². The molecule has 1 saturated heterocycles. The molecule has 0 N–H and O–H groups in total. The first-order valence-corrected chi connectivity index (χ1v) is 9.29. The molecule has 4 rings (SSSR count).